The number of thioether (sulfide) groups is 1. The van der Waals surface area contributed by atoms with Gasteiger partial charge < -0.3 is 25.5 Å². The lowest BCUT2D eigenvalue weighted by atomic mass is 10.0. The van der Waals surface area contributed by atoms with Crippen molar-refractivity contribution >= 4 is 40.9 Å². The molecule has 0 bridgehead atoms. The predicted octanol–water partition coefficient (Wildman–Crippen LogP) is 2.30. The molecular formula is C26H25N5O6S. The highest BCUT2D eigenvalue weighted by Gasteiger charge is 2.26. The third kappa shape index (κ3) is 7.08. The third-order valence-electron chi connectivity index (χ3n) is 5.55. The van der Waals surface area contributed by atoms with E-state index in [-0.39, 0.29) is 12.8 Å². The van der Waals surface area contributed by atoms with Gasteiger partial charge in [0.2, 0.25) is 5.91 Å². The van der Waals surface area contributed by atoms with Gasteiger partial charge in [0.1, 0.15) is 17.5 Å². The number of nitrogens with zero attached hydrogens (tertiary/aromatic N) is 1. The van der Waals surface area contributed by atoms with Crippen LogP contribution in [0.4, 0.5) is 4.79 Å². The summed E-state index contributed by atoms with van der Waals surface area (Å²) in [5, 5.41) is 4.49. The largest absolute Gasteiger partial charge is 0.467 e. The van der Waals surface area contributed by atoms with Crippen LogP contribution in [0.2, 0.25) is 0 Å². The average molecular weight is 536 g/mol. The first-order valence-corrected chi connectivity index (χ1v) is 12.3. The number of hydrogen-bond donors (Lipinski definition) is 4. The van der Waals surface area contributed by atoms with Crippen LogP contribution in [0.1, 0.15) is 16.8 Å². The van der Waals surface area contributed by atoms with Crippen molar-refractivity contribution in [3.05, 3.63) is 82.8 Å². The number of hydrogen-bond acceptors (Lipinski definition) is 9. The summed E-state index contributed by atoms with van der Waals surface area (Å²) in [5.41, 5.74) is 8.22. The molecule has 4 rings (SSSR count). The van der Waals surface area contributed by atoms with E-state index in [4.69, 9.17) is 15.2 Å². The number of esters is 1. The molecule has 3 aromatic rings. The fraction of sp³-hybridized carbons (Fsp3) is 0.192. The molecule has 38 heavy (non-hydrogen) atoms. The maximum absolute atomic E-state index is 12.6. The molecule has 5 N–H and O–H groups in total. The van der Waals surface area contributed by atoms with Gasteiger partial charge in [-0.1, -0.05) is 24.3 Å². The van der Waals surface area contributed by atoms with Crippen molar-refractivity contribution in [2.24, 2.45) is 5.73 Å². The molecule has 0 radical (unpaired) electrons. The Labute approximate surface area is 222 Å². The van der Waals surface area contributed by atoms with Crippen LogP contribution in [-0.2, 0) is 32.0 Å². The number of carbonyl (C=O) groups excluding carboxylic acids is 4. The van der Waals surface area contributed by atoms with Crippen LogP contribution in [0.5, 0.6) is 11.5 Å². The van der Waals surface area contributed by atoms with Crippen molar-refractivity contribution in [1.82, 2.24) is 20.6 Å². The first-order chi connectivity index (χ1) is 18.3. The Balaban J connectivity index is 1.34. The van der Waals surface area contributed by atoms with Gasteiger partial charge in [0, 0.05) is 24.7 Å². The standard InChI is InChI=1S/C26H25N5O6S/c1-36-25(34)21(30-23(32)20(27)12-17-13-28-14-29-17)10-15-2-6-18(7-3-15)37-19-8-4-16(5-9-19)11-22-24(33)31-26(35)38-22/h2-9,11,13-14,20-21H,10,12,27H2,1H3,(H,28,29)(H,30,32)(H,31,33,35). The molecule has 2 heterocycles. The SMILES string of the molecule is COC(=O)C(Cc1ccc(Oc2ccc(C=C3SC(=O)NC3=O)cc2)cc1)NC(=O)C(N)Cc1cnc[nH]1. The van der Waals surface area contributed by atoms with Crippen molar-refractivity contribution in [3.8, 4) is 11.5 Å². The predicted molar refractivity (Wildman–Crippen MR) is 140 cm³/mol. The van der Waals surface area contributed by atoms with Gasteiger partial charge in [-0.15, -0.1) is 0 Å². The number of imidazole rings is 1. The molecule has 2 atom stereocenters. The van der Waals surface area contributed by atoms with Gasteiger partial charge in [0.15, 0.2) is 0 Å². The van der Waals surface area contributed by atoms with E-state index in [1.165, 1.54) is 13.4 Å². The van der Waals surface area contributed by atoms with Gasteiger partial charge in [0.05, 0.1) is 24.4 Å². The molecular weight excluding hydrogens is 510 g/mol. The second kappa shape index (κ2) is 12.2. The monoisotopic (exact) mass is 535 g/mol. The first-order valence-electron chi connectivity index (χ1n) is 11.5. The molecule has 1 fully saturated rings. The summed E-state index contributed by atoms with van der Waals surface area (Å²) in [6, 6.07) is 12.3. The Hall–Kier alpha value is -4.42. The normalized spacial score (nSPS) is 15.6. The zero-order chi connectivity index (χ0) is 27.1. The number of H-pyrrole nitrogens is 1. The summed E-state index contributed by atoms with van der Waals surface area (Å²) in [6.45, 7) is 0. The maximum atomic E-state index is 12.6. The minimum Gasteiger partial charge on any atom is -0.467 e. The van der Waals surface area contributed by atoms with Gasteiger partial charge >= 0.3 is 5.97 Å². The van der Waals surface area contributed by atoms with E-state index in [1.54, 1.807) is 60.8 Å². The van der Waals surface area contributed by atoms with E-state index in [9.17, 15) is 19.2 Å². The molecule has 196 valence electrons. The number of nitrogens with two attached hydrogens (primary N) is 1. The average Bonchev–Trinajstić information content (AvgIpc) is 3.53. The summed E-state index contributed by atoms with van der Waals surface area (Å²) in [5.74, 6) is -0.332. The van der Waals surface area contributed by atoms with Crippen LogP contribution in [-0.4, -0.2) is 52.2 Å². The number of imide groups is 1. The van der Waals surface area contributed by atoms with Crippen LogP contribution in [0, 0.1) is 0 Å². The first kappa shape index (κ1) is 26.6. The van der Waals surface area contributed by atoms with Crippen LogP contribution in [0.15, 0.2) is 66.0 Å². The molecule has 1 saturated heterocycles. The molecule has 11 nitrogen and oxygen atoms in total. The van der Waals surface area contributed by atoms with E-state index in [2.05, 4.69) is 20.6 Å². The van der Waals surface area contributed by atoms with Crippen LogP contribution in [0.3, 0.4) is 0 Å². The van der Waals surface area contributed by atoms with E-state index in [0.717, 1.165) is 22.9 Å². The van der Waals surface area contributed by atoms with Gasteiger partial charge in [-0.05, 0) is 53.2 Å². The van der Waals surface area contributed by atoms with E-state index < -0.39 is 35.1 Å². The lowest BCUT2D eigenvalue weighted by Gasteiger charge is -2.19. The fourth-order valence-electron chi connectivity index (χ4n) is 3.61. The molecule has 1 aliphatic rings. The zero-order valence-corrected chi connectivity index (χ0v) is 21.1. The second-order valence-corrected chi connectivity index (χ2v) is 9.36. The smallest absolute Gasteiger partial charge is 0.328 e. The number of methoxy groups -OCH3 is 1. The van der Waals surface area contributed by atoms with Crippen molar-refractivity contribution < 1.29 is 28.7 Å². The van der Waals surface area contributed by atoms with Crippen molar-refractivity contribution in [2.45, 2.75) is 24.9 Å². The minimum absolute atomic E-state index is 0.201. The highest BCUT2D eigenvalue weighted by atomic mass is 32.2. The molecule has 0 saturated carbocycles. The molecule has 0 spiro atoms. The molecule has 1 aromatic heterocycles. The highest BCUT2D eigenvalue weighted by Crippen LogP contribution is 2.27. The number of nitrogens with one attached hydrogen (secondary N) is 3. The zero-order valence-electron chi connectivity index (χ0n) is 20.3. The number of rotatable bonds is 10. The summed E-state index contributed by atoms with van der Waals surface area (Å²) in [7, 11) is 1.26. The summed E-state index contributed by atoms with van der Waals surface area (Å²) >= 11 is 0.857. The van der Waals surface area contributed by atoms with E-state index >= 15 is 0 Å². The lowest BCUT2D eigenvalue weighted by Crippen LogP contribution is -2.50. The van der Waals surface area contributed by atoms with Gasteiger partial charge in [0.25, 0.3) is 11.1 Å². The van der Waals surface area contributed by atoms with E-state index in [0.29, 0.717) is 22.1 Å². The molecule has 12 heteroatoms. The Morgan fingerprint density at radius 3 is 2.34 bits per heavy atom. The Bertz CT molecular complexity index is 1340. The number of aromatic amines is 1. The topological polar surface area (TPSA) is 165 Å². The van der Waals surface area contributed by atoms with Gasteiger partial charge in [-0.25, -0.2) is 9.78 Å². The Morgan fingerprint density at radius 2 is 1.76 bits per heavy atom. The van der Waals surface area contributed by atoms with E-state index in [1.807, 2.05) is 0 Å². The summed E-state index contributed by atoms with van der Waals surface area (Å²) in [6.07, 6.45) is 5.16. The quantitative estimate of drug-likeness (QED) is 0.225. The van der Waals surface area contributed by atoms with Crippen LogP contribution in [0.25, 0.3) is 6.08 Å². The Morgan fingerprint density at radius 1 is 1.08 bits per heavy atom. The molecule has 3 amide bonds. The number of benzene rings is 2. The van der Waals surface area contributed by atoms with Gasteiger partial charge in [-0.2, -0.15) is 0 Å². The summed E-state index contributed by atoms with van der Waals surface area (Å²) in [4.78, 5) is 55.0. The third-order valence-corrected chi connectivity index (χ3v) is 6.36. The summed E-state index contributed by atoms with van der Waals surface area (Å²) < 4.78 is 10.7. The lowest BCUT2D eigenvalue weighted by molar-refractivity contribution is -0.145. The number of aromatic nitrogens is 2. The molecule has 0 aliphatic carbocycles. The van der Waals surface area contributed by atoms with Crippen LogP contribution < -0.4 is 21.1 Å². The van der Waals surface area contributed by atoms with Crippen molar-refractivity contribution in [1.29, 1.82) is 0 Å². The second-order valence-electron chi connectivity index (χ2n) is 8.34. The van der Waals surface area contributed by atoms with Crippen molar-refractivity contribution in [2.75, 3.05) is 7.11 Å². The molecule has 2 aromatic carbocycles. The number of carbonyl (C=O) groups is 4. The van der Waals surface area contributed by atoms with Crippen LogP contribution >= 0.6 is 11.8 Å². The van der Waals surface area contributed by atoms with Crippen molar-refractivity contribution in [3.63, 3.8) is 0 Å². The van der Waals surface area contributed by atoms with Gasteiger partial charge in [-0.3, -0.25) is 19.7 Å². The molecule has 1 aliphatic heterocycles. The molecule has 2 unspecified atom stereocenters. The maximum Gasteiger partial charge on any atom is 0.328 e. The Kier molecular flexibility index (Phi) is 8.56. The highest BCUT2D eigenvalue weighted by molar-refractivity contribution is 8.18. The fourth-order valence-corrected chi connectivity index (χ4v) is 4.29. The number of amides is 3. The minimum atomic E-state index is -0.913. The number of ether oxygens (including phenoxy) is 2.